The molecule has 0 radical (unpaired) electrons. The van der Waals surface area contributed by atoms with E-state index >= 15 is 0 Å². The van der Waals surface area contributed by atoms with Crippen molar-refractivity contribution < 1.29 is 23.4 Å². The molecule has 3 saturated heterocycles. The Labute approximate surface area is 141 Å². The van der Waals surface area contributed by atoms with E-state index in [4.69, 9.17) is 9.88 Å². The Kier molecular flexibility index (Phi) is 5.19. The van der Waals surface area contributed by atoms with E-state index in [1.165, 1.54) is 25.3 Å². The van der Waals surface area contributed by atoms with Crippen LogP contribution in [-0.2, 0) is 10.0 Å². The summed E-state index contributed by atoms with van der Waals surface area (Å²) in [7, 11) is -2.43. The zero-order valence-electron chi connectivity index (χ0n) is 13.5. The van der Waals surface area contributed by atoms with Crippen molar-refractivity contribution in [2.24, 2.45) is 5.14 Å². The van der Waals surface area contributed by atoms with Gasteiger partial charge >= 0.3 is 0 Å². The van der Waals surface area contributed by atoms with Crippen molar-refractivity contribution in [3.63, 3.8) is 0 Å². The normalized spacial score (nSPS) is 25.7. The first kappa shape index (κ1) is 18.7. The summed E-state index contributed by atoms with van der Waals surface area (Å²) in [6.45, 7) is 2.94. The predicted molar refractivity (Wildman–Crippen MR) is 88.5 cm³/mol. The minimum atomic E-state index is -3.87. The van der Waals surface area contributed by atoms with Gasteiger partial charge in [0.1, 0.15) is 5.75 Å². The van der Waals surface area contributed by atoms with Crippen molar-refractivity contribution >= 4 is 15.9 Å². The van der Waals surface area contributed by atoms with E-state index in [9.17, 15) is 13.2 Å². The van der Waals surface area contributed by atoms with Crippen LogP contribution in [-0.4, -0.2) is 57.0 Å². The molecule has 0 spiro atoms. The molecule has 0 atom stereocenters. The maximum atomic E-state index is 12.7. The molecule has 0 aromatic heterocycles. The third-order valence-electron chi connectivity index (χ3n) is 4.84. The molecule has 3 aliphatic rings. The summed E-state index contributed by atoms with van der Waals surface area (Å²) in [5.74, 6) is 0.0160. The zero-order valence-corrected chi connectivity index (χ0v) is 14.4. The number of hydrogen-bond donors (Lipinski definition) is 2. The Balaban J connectivity index is 0.00000208. The highest BCUT2D eigenvalue weighted by Crippen LogP contribution is 2.32. The number of nitrogens with one attached hydrogen (secondary N) is 1. The van der Waals surface area contributed by atoms with Crippen molar-refractivity contribution in [1.29, 1.82) is 0 Å². The van der Waals surface area contributed by atoms with Gasteiger partial charge in [0, 0.05) is 25.2 Å². The largest absolute Gasteiger partial charge is 0.496 e. The first-order chi connectivity index (χ1) is 10.8. The van der Waals surface area contributed by atoms with Gasteiger partial charge in [0.2, 0.25) is 10.0 Å². The Hall–Kier alpha value is -1.68. The van der Waals surface area contributed by atoms with E-state index in [0.29, 0.717) is 5.75 Å². The summed E-state index contributed by atoms with van der Waals surface area (Å²) in [5.41, 5.74) is -0.00422. The van der Waals surface area contributed by atoms with Crippen LogP contribution < -0.4 is 15.2 Å². The number of sulfonamides is 1. The van der Waals surface area contributed by atoms with Crippen molar-refractivity contribution in [2.75, 3.05) is 26.7 Å². The topological polar surface area (TPSA) is 133 Å². The van der Waals surface area contributed by atoms with Gasteiger partial charge in [0.25, 0.3) is 5.91 Å². The van der Waals surface area contributed by atoms with Gasteiger partial charge in [-0.3, -0.25) is 4.79 Å². The average molecular weight is 357 g/mol. The highest BCUT2D eigenvalue weighted by molar-refractivity contribution is 7.89. The van der Waals surface area contributed by atoms with Crippen LogP contribution >= 0.6 is 0 Å². The third-order valence-corrected chi connectivity index (χ3v) is 5.75. The van der Waals surface area contributed by atoms with E-state index in [0.717, 1.165) is 38.9 Å². The number of carbonyl (C=O) groups is 1. The molecule has 3 fully saturated rings. The van der Waals surface area contributed by atoms with Gasteiger partial charge in [0.15, 0.2) is 0 Å². The van der Waals surface area contributed by atoms with Gasteiger partial charge in [0.05, 0.1) is 17.6 Å². The van der Waals surface area contributed by atoms with Crippen LogP contribution in [0.15, 0.2) is 23.1 Å². The van der Waals surface area contributed by atoms with Gasteiger partial charge in [-0.05, 0) is 37.5 Å². The highest BCUT2D eigenvalue weighted by atomic mass is 32.2. The first-order valence-corrected chi connectivity index (χ1v) is 9.13. The minimum Gasteiger partial charge on any atom is -0.496 e. The first-order valence-electron chi connectivity index (χ1n) is 7.59. The molecule has 4 rings (SSSR count). The molecule has 8 nitrogen and oxygen atoms in total. The smallest absolute Gasteiger partial charge is 0.255 e. The van der Waals surface area contributed by atoms with Crippen LogP contribution in [0.4, 0.5) is 0 Å². The number of hydrogen-bond acceptors (Lipinski definition) is 5. The monoisotopic (exact) mass is 357 g/mol. The van der Waals surface area contributed by atoms with E-state index in [-0.39, 0.29) is 27.4 Å². The number of benzene rings is 1. The number of primary sulfonamides is 1. The second-order valence-electron chi connectivity index (χ2n) is 6.23. The number of nitrogens with two attached hydrogens (primary N) is 1. The second kappa shape index (κ2) is 6.67. The van der Waals surface area contributed by atoms with Gasteiger partial charge in [-0.15, -0.1) is 0 Å². The van der Waals surface area contributed by atoms with Gasteiger partial charge < -0.3 is 20.4 Å². The van der Waals surface area contributed by atoms with Crippen LogP contribution in [0.1, 0.15) is 29.6 Å². The van der Waals surface area contributed by atoms with Crippen molar-refractivity contribution in [2.45, 2.75) is 29.7 Å². The second-order valence-corrected chi connectivity index (χ2v) is 7.79. The Morgan fingerprint density at radius 2 is 1.83 bits per heavy atom. The molecule has 5 N–H and O–H groups in total. The maximum Gasteiger partial charge on any atom is 0.255 e. The molecule has 2 bridgehead atoms. The average Bonchev–Trinajstić information content (AvgIpc) is 2.54. The lowest BCUT2D eigenvalue weighted by atomic mass is 9.80. The molecule has 9 heteroatoms. The Morgan fingerprint density at radius 1 is 1.25 bits per heavy atom. The fourth-order valence-electron chi connectivity index (χ4n) is 3.36. The van der Waals surface area contributed by atoms with Crippen molar-refractivity contribution in [3.8, 4) is 5.75 Å². The van der Waals surface area contributed by atoms with E-state index in [1.54, 1.807) is 0 Å². The molecule has 24 heavy (non-hydrogen) atoms. The number of piperidine rings is 3. The number of ether oxygens (including phenoxy) is 1. The molecule has 0 aliphatic carbocycles. The quantitative estimate of drug-likeness (QED) is 0.748. The Bertz CT molecular complexity index is 713. The van der Waals surface area contributed by atoms with Crippen LogP contribution in [0.25, 0.3) is 0 Å². The van der Waals surface area contributed by atoms with Gasteiger partial charge in [-0.1, -0.05) is 0 Å². The van der Waals surface area contributed by atoms with Crippen molar-refractivity contribution in [1.82, 2.24) is 10.2 Å². The number of amides is 1. The molecule has 1 aromatic carbocycles. The predicted octanol–water partition coefficient (Wildman–Crippen LogP) is -0.514. The summed E-state index contributed by atoms with van der Waals surface area (Å²) in [4.78, 5) is 15.0. The van der Waals surface area contributed by atoms with Crippen LogP contribution in [0.5, 0.6) is 5.75 Å². The highest BCUT2D eigenvalue weighted by Gasteiger charge is 2.40. The van der Waals surface area contributed by atoms with Crippen LogP contribution in [0.2, 0.25) is 0 Å². The summed E-state index contributed by atoms with van der Waals surface area (Å²) in [6.07, 6.45) is 2.74. The molecule has 134 valence electrons. The summed E-state index contributed by atoms with van der Waals surface area (Å²) in [5, 5.41) is 8.26. The van der Waals surface area contributed by atoms with Crippen molar-refractivity contribution in [3.05, 3.63) is 23.8 Å². The number of rotatable bonds is 4. The number of nitrogens with zero attached hydrogens (tertiary/aromatic N) is 1. The summed E-state index contributed by atoms with van der Waals surface area (Å²) < 4.78 is 28.2. The lowest BCUT2D eigenvalue weighted by molar-refractivity contribution is 0.0514. The molecule has 3 aliphatic heterocycles. The Morgan fingerprint density at radius 3 is 2.33 bits per heavy atom. The lowest BCUT2D eigenvalue weighted by Gasteiger charge is -2.48. The zero-order chi connectivity index (χ0) is 16.7. The molecule has 3 heterocycles. The molecular weight excluding hydrogens is 334 g/mol. The van der Waals surface area contributed by atoms with Crippen LogP contribution in [0, 0.1) is 0 Å². The van der Waals surface area contributed by atoms with E-state index in [1.807, 2.05) is 0 Å². The number of fused-ring (bicyclic) bond motifs is 3. The number of carbonyl (C=O) groups excluding carboxylic acids is 1. The molecule has 1 aromatic rings. The van der Waals surface area contributed by atoms with Crippen LogP contribution in [0.3, 0.4) is 0 Å². The lowest BCUT2D eigenvalue weighted by Crippen LogP contribution is -2.61. The molecule has 0 unspecified atom stereocenters. The molecule has 1 amide bonds. The number of methoxy groups -OCH3 is 1. The fourth-order valence-corrected chi connectivity index (χ4v) is 3.90. The molecule has 0 saturated carbocycles. The summed E-state index contributed by atoms with van der Waals surface area (Å²) >= 11 is 0. The minimum absolute atomic E-state index is 0. The fraction of sp³-hybridized carbons (Fsp3) is 0.533. The summed E-state index contributed by atoms with van der Waals surface area (Å²) in [6, 6.07) is 4.07. The van der Waals surface area contributed by atoms with E-state index in [2.05, 4.69) is 10.2 Å². The SMILES string of the molecule is COc1ccc(S(N)(=O)=O)cc1C(=O)NC12CCN(CC1)CC2.O. The maximum absolute atomic E-state index is 12.7. The van der Waals surface area contributed by atoms with Gasteiger partial charge in [-0.2, -0.15) is 0 Å². The third kappa shape index (κ3) is 3.54. The van der Waals surface area contributed by atoms with E-state index < -0.39 is 10.0 Å². The van der Waals surface area contributed by atoms with Gasteiger partial charge in [-0.25, -0.2) is 13.6 Å². The molecular formula is C15H23N3O5S. The standard InChI is InChI=1S/C15H21N3O4S.H2O/c1-22-13-3-2-11(23(16,20)21)10-12(13)14(19)17-15-4-7-18(8-5-15)9-6-15;/h2-3,10H,4-9H2,1H3,(H,17,19)(H2,16,20,21);1H2.